The highest BCUT2D eigenvalue weighted by molar-refractivity contribution is 7.89. The van der Waals surface area contributed by atoms with Crippen LogP contribution in [-0.4, -0.2) is 59.1 Å². The van der Waals surface area contributed by atoms with Crippen molar-refractivity contribution < 1.29 is 35.2 Å². The molecule has 0 fully saturated rings. The summed E-state index contributed by atoms with van der Waals surface area (Å²) in [6.45, 7) is 1.91. The highest BCUT2D eigenvalue weighted by atomic mass is 32.2. The number of rotatable bonds is 9. The van der Waals surface area contributed by atoms with Crippen LogP contribution >= 0.6 is 0 Å². The average Bonchev–Trinajstić information content (AvgIpc) is 3.88. The second-order valence-corrected chi connectivity index (χ2v) is 14.5. The molecule has 1 aliphatic rings. The number of benzene rings is 2. The molecule has 0 atom stereocenters. The second-order valence-electron chi connectivity index (χ2n) is 11.1. The van der Waals surface area contributed by atoms with Crippen LogP contribution in [0.5, 0.6) is 5.75 Å². The monoisotopic (exact) mass is 733 g/mol. The minimum atomic E-state index is -3.90. The van der Waals surface area contributed by atoms with Crippen molar-refractivity contribution in [1.29, 1.82) is 0 Å². The van der Waals surface area contributed by atoms with Crippen LogP contribution in [0.2, 0.25) is 0 Å². The van der Waals surface area contributed by atoms with Gasteiger partial charge in [-0.3, -0.25) is 10.2 Å². The molecule has 0 aliphatic carbocycles. The van der Waals surface area contributed by atoms with E-state index in [9.17, 15) is 21.2 Å². The van der Waals surface area contributed by atoms with Crippen LogP contribution in [0, 0.1) is 12.7 Å². The van der Waals surface area contributed by atoms with Crippen molar-refractivity contribution in [2.24, 2.45) is 0 Å². The molecule has 7 aromatic rings. The van der Waals surface area contributed by atoms with Gasteiger partial charge in [-0.15, -0.1) is 0 Å². The molecule has 0 bridgehead atoms. The van der Waals surface area contributed by atoms with Gasteiger partial charge >= 0.3 is 0 Å². The summed E-state index contributed by atoms with van der Waals surface area (Å²) >= 11 is 0. The molecule has 19 heteroatoms. The van der Waals surface area contributed by atoms with Gasteiger partial charge in [0.15, 0.2) is 28.1 Å². The first-order chi connectivity index (χ1) is 24.6. The fourth-order valence-electron chi connectivity index (χ4n) is 5.36. The van der Waals surface area contributed by atoms with E-state index in [0.29, 0.717) is 56.0 Å². The van der Waals surface area contributed by atoms with E-state index in [2.05, 4.69) is 45.0 Å². The maximum Gasteiger partial charge on any atom is 0.258 e. The third-order valence-electron chi connectivity index (χ3n) is 7.80. The zero-order chi connectivity index (χ0) is 35.6. The molecule has 0 spiro atoms. The third kappa shape index (κ3) is 7.05. The van der Waals surface area contributed by atoms with E-state index >= 15 is 0 Å². The van der Waals surface area contributed by atoms with Crippen LogP contribution < -0.4 is 14.2 Å². The van der Waals surface area contributed by atoms with Gasteiger partial charge in [-0.05, 0) is 43.3 Å². The maximum atomic E-state index is 13.7. The number of sulfonamides is 2. The number of halogens is 1. The summed E-state index contributed by atoms with van der Waals surface area (Å²) in [7, 11) is -7.71. The van der Waals surface area contributed by atoms with Gasteiger partial charge in [0.05, 0.1) is 17.4 Å². The fourth-order valence-corrected chi connectivity index (χ4v) is 7.56. The first-order valence-corrected chi connectivity index (χ1v) is 18.2. The van der Waals surface area contributed by atoms with Gasteiger partial charge in [0.25, 0.3) is 20.0 Å². The normalized spacial score (nSPS) is 13.1. The number of pyridine rings is 2. The number of hydrogen-bond donors (Lipinski definition) is 4. The van der Waals surface area contributed by atoms with E-state index in [1.807, 2.05) is 30.3 Å². The highest BCUT2D eigenvalue weighted by Gasteiger charge is 2.24. The lowest BCUT2D eigenvalue weighted by molar-refractivity contribution is -0.0172. The SMILES string of the molecule is Cc1onc(-c2ccccc2)c1CNS(=O)(=O)c1[nH]nc2ncccc12.O=S(=O)(NCc1cc(F)cc2c1OCOC2)c1[nH]nc2ncccc12. The lowest BCUT2D eigenvalue weighted by Crippen LogP contribution is -2.25. The molecule has 6 heterocycles. The fraction of sp³-hybridized carbons (Fsp3) is 0.156. The van der Waals surface area contributed by atoms with Crippen LogP contribution in [0.1, 0.15) is 22.5 Å². The molecule has 1 aliphatic heterocycles. The van der Waals surface area contributed by atoms with E-state index < -0.39 is 25.9 Å². The van der Waals surface area contributed by atoms with E-state index in [-0.39, 0.29) is 36.5 Å². The standard InChI is InChI=1S/C17H15N5O3S.C15H13FN4O4S/c1-11-14(15(22-25-11)12-6-3-2-4-7-12)10-19-26(23,24)17-13-8-5-9-18-16(13)20-21-17;16-11-4-9(13-10(5-11)7-23-8-24-13)6-18-25(21,22)15-12-2-1-3-17-14(12)19-20-15/h2-9,19H,10H2,1H3,(H,18,20,21);1-5,18H,6-8H2,(H,17,19,20). The lowest BCUT2D eigenvalue weighted by Gasteiger charge is -2.21. The van der Waals surface area contributed by atoms with Crippen molar-refractivity contribution in [3.63, 3.8) is 0 Å². The first-order valence-electron chi connectivity index (χ1n) is 15.2. The summed E-state index contributed by atoms with van der Waals surface area (Å²) in [5.41, 5.74) is 3.73. The zero-order valence-electron chi connectivity index (χ0n) is 26.6. The van der Waals surface area contributed by atoms with Gasteiger partial charge in [-0.2, -0.15) is 10.2 Å². The molecule has 16 nitrogen and oxygen atoms in total. The molecule has 5 aromatic heterocycles. The number of hydrogen-bond acceptors (Lipinski definition) is 12. The molecule has 0 saturated carbocycles. The minimum absolute atomic E-state index is 0.0176. The molecule has 8 rings (SSSR count). The molecule has 51 heavy (non-hydrogen) atoms. The van der Waals surface area contributed by atoms with Gasteiger partial charge in [-0.25, -0.2) is 40.6 Å². The van der Waals surface area contributed by atoms with Gasteiger partial charge in [0.1, 0.15) is 23.0 Å². The molecule has 2 aromatic carbocycles. The maximum absolute atomic E-state index is 13.7. The number of nitrogens with one attached hydrogen (secondary N) is 4. The van der Waals surface area contributed by atoms with Crippen LogP contribution in [0.4, 0.5) is 4.39 Å². The Hall–Kier alpha value is -5.60. The smallest absolute Gasteiger partial charge is 0.258 e. The Morgan fingerprint density at radius 3 is 2.10 bits per heavy atom. The topological polar surface area (TPSA) is 220 Å². The van der Waals surface area contributed by atoms with Gasteiger partial charge in [0, 0.05) is 47.7 Å². The molecule has 0 unspecified atom stereocenters. The number of H-pyrrole nitrogens is 2. The van der Waals surface area contributed by atoms with Crippen molar-refractivity contribution >= 4 is 42.1 Å². The Labute approximate surface area is 289 Å². The molecule has 262 valence electrons. The predicted molar refractivity (Wildman–Crippen MR) is 179 cm³/mol. The number of aromatic nitrogens is 7. The predicted octanol–water partition coefficient (Wildman–Crippen LogP) is 3.84. The summed E-state index contributed by atoms with van der Waals surface area (Å²) < 4.78 is 85.0. The Morgan fingerprint density at radius 1 is 0.824 bits per heavy atom. The summed E-state index contributed by atoms with van der Waals surface area (Å²) in [6.07, 6.45) is 3.07. The summed E-state index contributed by atoms with van der Waals surface area (Å²) in [5.74, 6) is 0.507. The van der Waals surface area contributed by atoms with Crippen molar-refractivity contribution in [3.8, 4) is 17.0 Å². The van der Waals surface area contributed by atoms with Crippen molar-refractivity contribution in [1.82, 2.24) is 45.0 Å². The number of aryl methyl sites for hydroxylation is 1. The zero-order valence-corrected chi connectivity index (χ0v) is 28.3. The van der Waals surface area contributed by atoms with E-state index in [1.54, 1.807) is 37.4 Å². The molecule has 0 saturated heterocycles. The number of fused-ring (bicyclic) bond motifs is 3. The Kier molecular flexibility index (Phi) is 9.27. The molecule has 0 amide bonds. The van der Waals surface area contributed by atoms with Gasteiger partial charge in [0.2, 0.25) is 0 Å². The summed E-state index contributed by atoms with van der Waals surface area (Å²) in [6, 6.07) is 18.5. The van der Waals surface area contributed by atoms with E-state index in [4.69, 9.17) is 14.0 Å². The van der Waals surface area contributed by atoms with Crippen LogP contribution in [0.15, 0.2) is 93.7 Å². The first kappa shape index (κ1) is 33.9. The van der Waals surface area contributed by atoms with Gasteiger partial charge < -0.3 is 14.0 Å². The van der Waals surface area contributed by atoms with Crippen molar-refractivity contribution in [2.45, 2.75) is 36.7 Å². The third-order valence-corrected chi connectivity index (χ3v) is 10.5. The number of ether oxygens (including phenoxy) is 2. The minimum Gasteiger partial charge on any atom is -0.467 e. The molecule has 0 radical (unpaired) electrons. The Bertz CT molecular complexity index is 2570. The lowest BCUT2D eigenvalue weighted by atomic mass is 10.1. The number of nitrogens with zero attached hydrogens (tertiary/aromatic N) is 5. The molecule has 4 N–H and O–H groups in total. The second kappa shape index (κ2) is 14.0. The largest absolute Gasteiger partial charge is 0.467 e. The quantitative estimate of drug-likeness (QED) is 0.166. The van der Waals surface area contributed by atoms with Crippen LogP contribution in [0.25, 0.3) is 33.3 Å². The Balaban J connectivity index is 0.000000159. The highest BCUT2D eigenvalue weighted by Crippen LogP contribution is 2.30. The number of aromatic amines is 2. The average molecular weight is 734 g/mol. The van der Waals surface area contributed by atoms with E-state index in [0.717, 1.165) is 5.56 Å². The summed E-state index contributed by atoms with van der Waals surface area (Å²) in [5, 5.41) is 17.6. The van der Waals surface area contributed by atoms with Gasteiger partial charge in [-0.1, -0.05) is 35.5 Å². The van der Waals surface area contributed by atoms with Crippen LogP contribution in [0.3, 0.4) is 0 Å². The van der Waals surface area contributed by atoms with Crippen molar-refractivity contribution in [2.75, 3.05) is 6.79 Å². The van der Waals surface area contributed by atoms with Crippen molar-refractivity contribution in [3.05, 3.63) is 107 Å². The van der Waals surface area contributed by atoms with E-state index in [1.165, 1.54) is 18.3 Å². The Morgan fingerprint density at radius 2 is 1.45 bits per heavy atom. The summed E-state index contributed by atoms with van der Waals surface area (Å²) in [4.78, 5) is 8.02. The molecular weight excluding hydrogens is 706 g/mol. The van der Waals surface area contributed by atoms with Crippen LogP contribution in [-0.2, 0) is 44.5 Å². The molecular formula is C32H28FN9O7S2.